The molecule has 3 nitrogen and oxygen atoms in total. The van der Waals surface area contributed by atoms with Gasteiger partial charge in [-0.3, -0.25) is 0 Å². The summed E-state index contributed by atoms with van der Waals surface area (Å²) in [6, 6.07) is 7.41. The van der Waals surface area contributed by atoms with E-state index in [9.17, 15) is 4.91 Å². The van der Waals surface area contributed by atoms with E-state index in [1.165, 1.54) is 0 Å². The molecule has 1 aromatic carbocycles. The zero-order valence-electron chi connectivity index (χ0n) is 5.04. The molecule has 0 spiro atoms. The van der Waals surface area contributed by atoms with Crippen LogP contribution >= 0.6 is 22.6 Å². The number of nitrogens with one attached hydrogen (secondary N) is 1. The van der Waals surface area contributed by atoms with E-state index < -0.39 is 0 Å². The maximum atomic E-state index is 9.72. The van der Waals surface area contributed by atoms with Crippen molar-refractivity contribution in [2.45, 2.75) is 0 Å². The summed E-state index contributed by atoms with van der Waals surface area (Å²) in [5.74, 6) is 0. The van der Waals surface area contributed by atoms with E-state index in [2.05, 4.69) is 33.3 Å². The van der Waals surface area contributed by atoms with Crippen LogP contribution in [0, 0.1) is 8.48 Å². The Balaban J connectivity index is 2.84. The van der Waals surface area contributed by atoms with Gasteiger partial charge in [-0.1, -0.05) is 6.07 Å². The Morgan fingerprint density at radius 1 is 1.50 bits per heavy atom. The molecule has 0 bridgehead atoms. The van der Waals surface area contributed by atoms with Gasteiger partial charge in [-0.2, -0.15) is 0 Å². The number of rotatable bonds is 2. The SMILES string of the molecule is O=NNc1cccc(I)c1. The maximum Gasteiger partial charge on any atom is 0.0604 e. The lowest BCUT2D eigenvalue weighted by molar-refractivity contribution is 1.31. The molecule has 0 saturated heterocycles. The molecule has 1 aromatic rings. The molecule has 0 heterocycles. The molecule has 0 aliphatic heterocycles. The lowest BCUT2D eigenvalue weighted by Gasteiger charge is -1.95. The number of nitroso groups, excluding NO2 is 1. The van der Waals surface area contributed by atoms with E-state index in [0.717, 1.165) is 9.26 Å². The van der Waals surface area contributed by atoms with Gasteiger partial charge in [0, 0.05) is 3.57 Å². The molecule has 0 fully saturated rings. The minimum absolute atomic E-state index is 0.724. The number of benzene rings is 1. The number of hydrogen-bond donors (Lipinski definition) is 1. The summed E-state index contributed by atoms with van der Waals surface area (Å²) in [5, 5.41) is 2.54. The van der Waals surface area contributed by atoms with E-state index in [1.807, 2.05) is 18.2 Å². The summed E-state index contributed by atoms with van der Waals surface area (Å²) < 4.78 is 1.08. The molecule has 1 N–H and O–H groups in total. The Hall–Kier alpha value is -0.650. The van der Waals surface area contributed by atoms with Crippen LogP contribution in [0.25, 0.3) is 0 Å². The van der Waals surface area contributed by atoms with Crippen molar-refractivity contribution in [1.29, 1.82) is 0 Å². The van der Waals surface area contributed by atoms with Crippen molar-refractivity contribution < 1.29 is 0 Å². The minimum atomic E-state index is 0.724. The van der Waals surface area contributed by atoms with Gasteiger partial charge in [0.05, 0.1) is 11.0 Å². The highest BCUT2D eigenvalue weighted by molar-refractivity contribution is 14.1. The average Bonchev–Trinajstić information content (AvgIpc) is 1.88. The summed E-state index contributed by atoms with van der Waals surface area (Å²) in [5.41, 5.74) is 3.04. The highest BCUT2D eigenvalue weighted by atomic mass is 127. The quantitative estimate of drug-likeness (QED) is 0.496. The van der Waals surface area contributed by atoms with Gasteiger partial charge in [-0.05, 0) is 40.8 Å². The molecule has 1 rings (SSSR count). The van der Waals surface area contributed by atoms with Crippen LogP contribution in [0.5, 0.6) is 0 Å². The van der Waals surface area contributed by atoms with Crippen LogP contribution in [0.3, 0.4) is 0 Å². The Morgan fingerprint density at radius 3 is 2.90 bits per heavy atom. The third kappa shape index (κ3) is 1.94. The maximum absolute atomic E-state index is 9.72. The molecular formula is C6H5IN2O. The molecule has 0 amide bonds. The summed E-state index contributed by atoms with van der Waals surface area (Å²) >= 11 is 2.16. The van der Waals surface area contributed by atoms with Crippen molar-refractivity contribution in [3.8, 4) is 0 Å². The first kappa shape index (κ1) is 7.46. The molecule has 10 heavy (non-hydrogen) atoms. The van der Waals surface area contributed by atoms with E-state index in [4.69, 9.17) is 0 Å². The van der Waals surface area contributed by atoms with Crippen molar-refractivity contribution >= 4 is 28.3 Å². The van der Waals surface area contributed by atoms with Crippen LogP contribution in [0.4, 0.5) is 5.69 Å². The summed E-state index contributed by atoms with van der Waals surface area (Å²) in [4.78, 5) is 9.72. The molecule has 0 saturated carbocycles. The van der Waals surface area contributed by atoms with Gasteiger partial charge in [0.15, 0.2) is 0 Å². The third-order valence-corrected chi connectivity index (χ3v) is 1.67. The van der Waals surface area contributed by atoms with Crippen LogP contribution in [-0.4, -0.2) is 0 Å². The summed E-state index contributed by atoms with van der Waals surface area (Å²) in [7, 11) is 0. The second kappa shape index (κ2) is 3.50. The molecule has 4 heteroatoms. The zero-order chi connectivity index (χ0) is 7.40. The Kier molecular flexibility index (Phi) is 2.61. The van der Waals surface area contributed by atoms with E-state index in [1.54, 1.807) is 6.07 Å². The molecule has 0 atom stereocenters. The molecule has 0 radical (unpaired) electrons. The van der Waals surface area contributed by atoms with Gasteiger partial charge in [0.25, 0.3) is 0 Å². The first-order valence-corrected chi connectivity index (χ1v) is 3.75. The first-order valence-electron chi connectivity index (χ1n) is 2.67. The number of hydrogen-bond acceptors (Lipinski definition) is 2. The smallest absolute Gasteiger partial charge is 0.0604 e. The fraction of sp³-hybridized carbons (Fsp3) is 0. The predicted molar refractivity (Wildman–Crippen MR) is 48.6 cm³/mol. The Labute approximate surface area is 71.9 Å². The van der Waals surface area contributed by atoms with Gasteiger partial charge in [0.2, 0.25) is 0 Å². The van der Waals surface area contributed by atoms with Crippen molar-refractivity contribution in [3.05, 3.63) is 32.7 Å². The fourth-order valence-electron chi connectivity index (χ4n) is 0.611. The zero-order valence-corrected chi connectivity index (χ0v) is 7.20. The van der Waals surface area contributed by atoms with Crippen LogP contribution in [0.2, 0.25) is 0 Å². The molecular weight excluding hydrogens is 243 g/mol. The fourth-order valence-corrected chi connectivity index (χ4v) is 1.15. The highest BCUT2D eigenvalue weighted by Gasteiger charge is 1.89. The van der Waals surface area contributed by atoms with Crippen molar-refractivity contribution in [2.75, 3.05) is 5.43 Å². The van der Waals surface area contributed by atoms with Gasteiger partial charge in [0.1, 0.15) is 0 Å². The van der Waals surface area contributed by atoms with Crippen LogP contribution in [0.1, 0.15) is 0 Å². The van der Waals surface area contributed by atoms with Gasteiger partial charge < -0.3 is 0 Å². The van der Waals surface area contributed by atoms with Gasteiger partial charge in [-0.15, -0.1) is 4.91 Å². The highest BCUT2D eigenvalue weighted by Crippen LogP contribution is 2.11. The van der Waals surface area contributed by atoms with E-state index in [0.29, 0.717) is 0 Å². The topological polar surface area (TPSA) is 41.5 Å². The molecule has 0 aliphatic carbocycles. The van der Waals surface area contributed by atoms with Crippen molar-refractivity contribution in [2.24, 2.45) is 5.29 Å². The molecule has 52 valence electrons. The Morgan fingerprint density at radius 2 is 2.30 bits per heavy atom. The first-order chi connectivity index (χ1) is 4.83. The molecule has 0 unspecified atom stereocenters. The van der Waals surface area contributed by atoms with Crippen molar-refractivity contribution in [1.82, 2.24) is 0 Å². The average molecular weight is 248 g/mol. The van der Waals surface area contributed by atoms with Crippen LogP contribution < -0.4 is 5.43 Å². The van der Waals surface area contributed by atoms with Crippen LogP contribution in [-0.2, 0) is 0 Å². The lowest BCUT2D eigenvalue weighted by Crippen LogP contribution is -1.84. The van der Waals surface area contributed by atoms with Crippen LogP contribution in [0.15, 0.2) is 29.6 Å². The summed E-state index contributed by atoms with van der Waals surface area (Å²) in [6.07, 6.45) is 0. The largest absolute Gasteiger partial charge is 0.242 e. The van der Waals surface area contributed by atoms with E-state index in [-0.39, 0.29) is 0 Å². The van der Waals surface area contributed by atoms with Gasteiger partial charge in [-0.25, -0.2) is 5.43 Å². The number of nitrogens with zero attached hydrogens (tertiary/aromatic N) is 1. The Bertz CT molecular complexity index is 239. The second-order valence-electron chi connectivity index (χ2n) is 1.71. The molecule has 0 aromatic heterocycles. The van der Waals surface area contributed by atoms with E-state index >= 15 is 0 Å². The predicted octanol–water partition coefficient (Wildman–Crippen LogP) is 2.38. The van der Waals surface area contributed by atoms with Gasteiger partial charge >= 0.3 is 0 Å². The molecule has 0 aliphatic rings. The standard InChI is InChI=1S/C6H5IN2O/c7-5-2-1-3-6(4-5)8-9-10/h1-4H,(H,8,10). The minimum Gasteiger partial charge on any atom is -0.242 e. The third-order valence-electron chi connectivity index (χ3n) is 0.999. The monoisotopic (exact) mass is 248 g/mol. The lowest BCUT2D eigenvalue weighted by atomic mass is 10.3. The van der Waals surface area contributed by atoms with Crippen molar-refractivity contribution in [3.63, 3.8) is 0 Å². The normalized spacial score (nSPS) is 8.90. The number of halogens is 1. The second-order valence-corrected chi connectivity index (χ2v) is 2.96. The summed E-state index contributed by atoms with van der Waals surface area (Å²) in [6.45, 7) is 0. The number of anilines is 1.